The molecule has 0 saturated heterocycles. The number of phenolic OH excluding ortho intramolecular Hbond substituents is 2. The fourth-order valence-electron chi connectivity index (χ4n) is 1.45. The lowest BCUT2D eigenvalue weighted by molar-refractivity contribution is -0.140. The Labute approximate surface area is 112 Å². The molecule has 2 N–H and O–H groups in total. The van der Waals surface area contributed by atoms with E-state index >= 15 is 0 Å². The molecular weight excluding hydrogens is 287 g/mol. The Morgan fingerprint density at radius 2 is 1.95 bits per heavy atom. The number of aromatic hydroxyl groups is 2. The van der Waals surface area contributed by atoms with Crippen molar-refractivity contribution in [3.8, 4) is 11.5 Å². The minimum Gasteiger partial charge on any atom is -0.504 e. The number of phenols is 2. The van der Waals surface area contributed by atoms with Crippen molar-refractivity contribution in [2.75, 3.05) is 19.0 Å². The number of rotatable bonds is 4. The van der Waals surface area contributed by atoms with Crippen molar-refractivity contribution in [3.63, 3.8) is 0 Å². The predicted molar refractivity (Wildman–Crippen MR) is 62.5 cm³/mol. The maximum absolute atomic E-state index is 12.3. The zero-order chi connectivity index (χ0) is 14.6. The summed E-state index contributed by atoms with van der Waals surface area (Å²) in [5, 5.41) is 18.7. The van der Waals surface area contributed by atoms with Gasteiger partial charge in [0.2, 0.25) is 0 Å². The van der Waals surface area contributed by atoms with E-state index in [1.807, 2.05) is 0 Å². The van der Waals surface area contributed by atoms with E-state index in [2.05, 4.69) is 0 Å². The third-order valence-corrected chi connectivity index (χ3v) is 2.43. The summed E-state index contributed by atoms with van der Waals surface area (Å²) in [7, 11) is 0. The summed E-state index contributed by atoms with van der Waals surface area (Å²) < 4.78 is 37.0. The second kappa shape index (κ2) is 6.01. The van der Waals surface area contributed by atoms with Gasteiger partial charge in [-0.2, -0.15) is 13.2 Å². The van der Waals surface area contributed by atoms with Gasteiger partial charge in [-0.05, 0) is 12.1 Å². The number of benzene rings is 1. The smallest absolute Gasteiger partial charge is 0.406 e. The number of amides is 1. The van der Waals surface area contributed by atoms with Gasteiger partial charge in [0.15, 0.2) is 11.5 Å². The Morgan fingerprint density at radius 3 is 2.47 bits per heavy atom. The molecule has 0 radical (unpaired) electrons. The highest BCUT2D eigenvalue weighted by Crippen LogP contribution is 2.29. The van der Waals surface area contributed by atoms with Crippen molar-refractivity contribution in [3.05, 3.63) is 23.8 Å². The van der Waals surface area contributed by atoms with E-state index in [4.69, 9.17) is 11.6 Å². The van der Waals surface area contributed by atoms with Crippen LogP contribution in [0.5, 0.6) is 11.5 Å². The maximum Gasteiger partial charge on any atom is 0.406 e. The van der Waals surface area contributed by atoms with Gasteiger partial charge in [-0.3, -0.25) is 4.79 Å². The Balaban J connectivity index is 3.02. The Hall–Kier alpha value is -1.63. The van der Waals surface area contributed by atoms with Gasteiger partial charge in [-0.25, -0.2) is 0 Å². The predicted octanol–water partition coefficient (Wildman–Crippen LogP) is 2.34. The van der Waals surface area contributed by atoms with Crippen LogP contribution < -0.4 is 0 Å². The van der Waals surface area contributed by atoms with Gasteiger partial charge < -0.3 is 15.1 Å². The van der Waals surface area contributed by atoms with E-state index < -0.39 is 35.7 Å². The molecule has 106 valence electrons. The molecule has 19 heavy (non-hydrogen) atoms. The molecule has 1 aromatic carbocycles. The molecule has 8 heteroatoms. The van der Waals surface area contributed by atoms with Crippen LogP contribution in [0.25, 0.3) is 0 Å². The van der Waals surface area contributed by atoms with E-state index in [0.29, 0.717) is 4.90 Å². The molecule has 0 bridgehead atoms. The van der Waals surface area contributed by atoms with Crippen molar-refractivity contribution >= 4 is 17.5 Å². The third kappa shape index (κ3) is 4.20. The quantitative estimate of drug-likeness (QED) is 0.662. The maximum atomic E-state index is 12.3. The molecular formula is C11H11ClF3NO3. The van der Waals surface area contributed by atoms with Gasteiger partial charge in [0.1, 0.15) is 6.54 Å². The second-order valence-corrected chi connectivity index (χ2v) is 4.08. The molecule has 1 aromatic rings. The van der Waals surface area contributed by atoms with Crippen molar-refractivity contribution in [2.24, 2.45) is 0 Å². The minimum atomic E-state index is -4.58. The standard InChI is InChI=1S/C11H11ClF3NO3/c12-4-5-16(6-11(13,14)15)10(19)7-2-1-3-8(17)9(7)18/h1-3,17-18H,4-6H2. The molecule has 0 aliphatic heterocycles. The third-order valence-electron chi connectivity index (χ3n) is 2.26. The lowest BCUT2D eigenvalue weighted by Gasteiger charge is -2.23. The molecule has 0 aliphatic rings. The van der Waals surface area contributed by atoms with Crippen LogP contribution >= 0.6 is 11.6 Å². The Morgan fingerprint density at radius 1 is 1.32 bits per heavy atom. The highest BCUT2D eigenvalue weighted by Gasteiger charge is 2.33. The fraction of sp³-hybridized carbons (Fsp3) is 0.364. The summed E-state index contributed by atoms with van der Waals surface area (Å²) in [5.74, 6) is -2.56. The number of carbonyl (C=O) groups excluding carboxylic acids is 1. The highest BCUT2D eigenvalue weighted by atomic mass is 35.5. The van der Waals surface area contributed by atoms with Gasteiger partial charge in [0, 0.05) is 12.4 Å². The van der Waals surface area contributed by atoms with Crippen molar-refractivity contribution in [1.82, 2.24) is 4.90 Å². The first-order valence-electron chi connectivity index (χ1n) is 5.19. The summed E-state index contributed by atoms with van der Waals surface area (Å²) in [5.41, 5.74) is -0.408. The first kappa shape index (κ1) is 15.4. The van der Waals surface area contributed by atoms with E-state index in [0.717, 1.165) is 12.1 Å². The minimum absolute atomic E-state index is 0.179. The normalized spacial score (nSPS) is 11.4. The summed E-state index contributed by atoms with van der Waals surface area (Å²) in [6, 6.07) is 3.48. The zero-order valence-electron chi connectivity index (χ0n) is 9.62. The number of carbonyl (C=O) groups is 1. The van der Waals surface area contributed by atoms with Crippen LogP contribution in [0, 0.1) is 0 Å². The molecule has 1 rings (SSSR count). The van der Waals surface area contributed by atoms with Crippen molar-refractivity contribution < 1.29 is 28.2 Å². The molecule has 1 amide bonds. The molecule has 0 aliphatic carbocycles. The van der Waals surface area contributed by atoms with Gasteiger partial charge in [0.25, 0.3) is 5.91 Å². The molecule has 0 unspecified atom stereocenters. The monoisotopic (exact) mass is 297 g/mol. The average Bonchev–Trinajstić information content (AvgIpc) is 2.30. The first-order chi connectivity index (χ1) is 8.76. The molecule has 0 aromatic heterocycles. The molecule has 0 fully saturated rings. The Bertz CT molecular complexity index is 465. The van der Waals surface area contributed by atoms with Gasteiger partial charge in [-0.15, -0.1) is 11.6 Å². The number of halogens is 4. The number of para-hydroxylation sites is 1. The van der Waals surface area contributed by atoms with E-state index in [9.17, 15) is 28.2 Å². The number of hydrogen-bond acceptors (Lipinski definition) is 3. The largest absolute Gasteiger partial charge is 0.504 e. The van der Waals surface area contributed by atoms with Gasteiger partial charge >= 0.3 is 6.18 Å². The van der Waals surface area contributed by atoms with Gasteiger partial charge in [-0.1, -0.05) is 6.07 Å². The SMILES string of the molecule is O=C(c1cccc(O)c1O)N(CCCl)CC(F)(F)F. The number of hydrogen-bond donors (Lipinski definition) is 2. The first-order valence-corrected chi connectivity index (χ1v) is 5.72. The lowest BCUT2D eigenvalue weighted by atomic mass is 10.1. The van der Waals surface area contributed by atoms with Crippen molar-refractivity contribution in [2.45, 2.75) is 6.18 Å². The molecule has 0 spiro atoms. The molecule has 0 saturated carbocycles. The molecule has 4 nitrogen and oxygen atoms in total. The topological polar surface area (TPSA) is 60.8 Å². The lowest BCUT2D eigenvalue weighted by Crippen LogP contribution is -2.40. The van der Waals surface area contributed by atoms with E-state index in [1.54, 1.807) is 0 Å². The summed E-state index contributed by atoms with van der Waals surface area (Å²) in [4.78, 5) is 12.3. The average molecular weight is 298 g/mol. The Kier molecular flexibility index (Phi) is 4.88. The number of alkyl halides is 4. The molecule has 0 atom stereocenters. The fourth-order valence-corrected chi connectivity index (χ4v) is 1.65. The zero-order valence-corrected chi connectivity index (χ0v) is 10.4. The van der Waals surface area contributed by atoms with Crippen LogP contribution in [0.2, 0.25) is 0 Å². The summed E-state index contributed by atoms with van der Waals surface area (Å²) in [6.45, 7) is -1.80. The van der Waals surface area contributed by atoms with Gasteiger partial charge in [0.05, 0.1) is 5.56 Å². The van der Waals surface area contributed by atoms with Crippen LogP contribution in [0.1, 0.15) is 10.4 Å². The van der Waals surface area contributed by atoms with E-state index in [-0.39, 0.29) is 12.4 Å². The van der Waals surface area contributed by atoms with Crippen LogP contribution in [-0.2, 0) is 0 Å². The van der Waals surface area contributed by atoms with Crippen LogP contribution in [0.3, 0.4) is 0 Å². The second-order valence-electron chi connectivity index (χ2n) is 3.70. The van der Waals surface area contributed by atoms with Crippen LogP contribution in [0.15, 0.2) is 18.2 Å². The van der Waals surface area contributed by atoms with Crippen LogP contribution in [-0.4, -0.2) is 46.2 Å². The van der Waals surface area contributed by atoms with E-state index in [1.165, 1.54) is 6.07 Å². The number of nitrogens with zero attached hydrogens (tertiary/aromatic N) is 1. The highest BCUT2D eigenvalue weighted by molar-refractivity contribution is 6.18. The summed E-state index contributed by atoms with van der Waals surface area (Å²) >= 11 is 5.35. The van der Waals surface area contributed by atoms with Crippen molar-refractivity contribution in [1.29, 1.82) is 0 Å². The molecule has 0 heterocycles. The van der Waals surface area contributed by atoms with Crippen LogP contribution in [0.4, 0.5) is 13.2 Å². The summed E-state index contributed by atoms with van der Waals surface area (Å²) in [6.07, 6.45) is -4.58.